The number of fused-ring (bicyclic) bond motifs is 4. The van der Waals surface area contributed by atoms with Gasteiger partial charge in [0.05, 0.1) is 13.0 Å². The predicted molar refractivity (Wildman–Crippen MR) is 86.9 cm³/mol. The van der Waals surface area contributed by atoms with Crippen molar-refractivity contribution in [2.24, 2.45) is 11.8 Å². The highest BCUT2D eigenvalue weighted by atomic mass is 16.5. The molecule has 0 saturated carbocycles. The maximum absolute atomic E-state index is 12.3. The first-order valence-electron chi connectivity index (χ1n) is 8.30. The third-order valence-electron chi connectivity index (χ3n) is 5.62. The first-order chi connectivity index (χ1) is 11.3. The van der Waals surface area contributed by atoms with Gasteiger partial charge in [0.15, 0.2) is 0 Å². The van der Waals surface area contributed by atoms with Gasteiger partial charge in [-0.15, -0.1) is 0 Å². The van der Waals surface area contributed by atoms with E-state index in [9.17, 15) is 4.79 Å². The summed E-state index contributed by atoms with van der Waals surface area (Å²) in [6.07, 6.45) is 4.19. The van der Waals surface area contributed by atoms with Crippen LogP contribution < -0.4 is 0 Å². The van der Waals surface area contributed by atoms with Crippen LogP contribution in [0.25, 0.3) is 16.5 Å². The fourth-order valence-electron chi connectivity index (χ4n) is 4.76. The van der Waals surface area contributed by atoms with E-state index in [1.165, 1.54) is 23.6 Å². The molecule has 4 aliphatic rings. The van der Waals surface area contributed by atoms with Crippen LogP contribution in [0.15, 0.2) is 34.8 Å². The van der Waals surface area contributed by atoms with Gasteiger partial charge < -0.3 is 9.15 Å². The number of para-hydroxylation sites is 1. The molecule has 1 aliphatic carbocycles. The van der Waals surface area contributed by atoms with Crippen LogP contribution >= 0.6 is 0 Å². The summed E-state index contributed by atoms with van der Waals surface area (Å²) >= 11 is 0. The standard InChI is InChI=1S/C19H19NO3/c1-22-19(21)14-9-11-8-13-17-12-4-2-3-5-15(12)23-16(17)6-7-20(10-11)18(13)14/h2-5,8,11,14,18H,6-7,9-10H2,1H3/t11-,14+,18+/m1/s1. The van der Waals surface area contributed by atoms with Crippen LogP contribution in [-0.4, -0.2) is 37.1 Å². The third kappa shape index (κ3) is 1.78. The highest BCUT2D eigenvalue weighted by Gasteiger charge is 2.48. The summed E-state index contributed by atoms with van der Waals surface area (Å²) in [4.78, 5) is 14.8. The van der Waals surface area contributed by atoms with Gasteiger partial charge in [-0.05, 0) is 24.0 Å². The van der Waals surface area contributed by atoms with Crippen LogP contribution in [0.2, 0.25) is 0 Å². The average Bonchev–Trinajstić information content (AvgIpc) is 2.92. The molecule has 0 amide bonds. The number of ether oxygens (including phenoxy) is 1. The first kappa shape index (κ1) is 13.4. The van der Waals surface area contributed by atoms with Crippen LogP contribution in [0.1, 0.15) is 17.7 Å². The number of furan rings is 1. The highest BCUT2D eigenvalue weighted by Crippen LogP contribution is 2.48. The maximum Gasteiger partial charge on any atom is 0.310 e. The molecule has 1 saturated heterocycles. The van der Waals surface area contributed by atoms with Crippen molar-refractivity contribution in [1.82, 2.24) is 4.90 Å². The molecule has 118 valence electrons. The summed E-state index contributed by atoms with van der Waals surface area (Å²) in [7, 11) is 1.50. The fourth-order valence-corrected chi connectivity index (χ4v) is 4.76. The second-order valence-electron chi connectivity index (χ2n) is 6.83. The lowest BCUT2D eigenvalue weighted by Gasteiger charge is -2.47. The van der Waals surface area contributed by atoms with E-state index in [-0.39, 0.29) is 17.9 Å². The van der Waals surface area contributed by atoms with Gasteiger partial charge in [-0.3, -0.25) is 9.69 Å². The maximum atomic E-state index is 12.3. The fraction of sp³-hybridized carbons (Fsp3) is 0.421. The van der Waals surface area contributed by atoms with Gasteiger partial charge in [0.2, 0.25) is 0 Å². The second-order valence-corrected chi connectivity index (χ2v) is 6.83. The van der Waals surface area contributed by atoms with E-state index < -0.39 is 0 Å². The molecule has 0 spiro atoms. The van der Waals surface area contributed by atoms with Gasteiger partial charge >= 0.3 is 5.97 Å². The van der Waals surface area contributed by atoms with Crippen LogP contribution in [-0.2, 0) is 16.0 Å². The normalized spacial score (nSPS) is 31.4. The largest absolute Gasteiger partial charge is 0.469 e. The second kappa shape index (κ2) is 4.71. The number of esters is 1. The number of rotatable bonds is 1. The average molecular weight is 309 g/mol. The van der Waals surface area contributed by atoms with Crippen LogP contribution in [0, 0.1) is 11.8 Å². The lowest BCUT2D eigenvalue weighted by molar-refractivity contribution is -0.149. The van der Waals surface area contributed by atoms with Crippen LogP contribution in [0.5, 0.6) is 0 Å². The lowest BCUT2D eigenvalue weighted by atomic mass is 9.72. The molecule has 4 heterocycles. The topological polar surface area (TPSA) is 42.7 Å². The Morgan fingerprint density at radius 1 is 1.35 bits per heavy atom. The first-order valence-corrected chi connectivity index (χ1v) is 8.30. The molecule has 4 heteroatoms. The number of benzene rings is 1. The molecule has 23 heavy (non-hydrogen) atoms. The molecule has 1 aromatic carbocycles. The van der Waals surface area contributed by atoms with Gasteiger partial charge in [0.25, 0.3) is 0 Å². The third-order valence-corrected chi connectivity index (χ3v) is 5.62. The van der Waals surface area contributed by atoms with Crippen molar-refractivity contribution in [2.45, 2.75) is 18.9 Å². The van der Waals surface area contributed by atoms with Crippen molar-refractivity contribution in [2.75, 3.05) is 20.2 Å². The summed E-state index contributed by atoms with van der Waals surface area (Å²) in [6.45, 7) is 1.99. The summed E-state index contributed by atoms with van der Waals surface area (Å²) < 4.78 is 11.2. The lowest BCUT2D eigenvalue weighted by Crippen LogP contribution is -2.54. The van der Waals surface area contributed by atoms with Crippen LogP contribution in [0.3, 0.4) is 0 Å². The zero-order valence-electron chi connectivity index (χ0n) is 13.1. The molecular formula is C19H19NO3. The van der Waals surface area contributed by atoms with E-state index in [0.717, 1.165) is 37.3 Å². The molecule has 4 atom stereocenters. The molecule has 1 aromatic heterocycles. The molecule has 1 unspecified atom stereocenters. The molecule has 1 fully saturated rings. The number of carbonyl (C=O) groups excluding carboxylic acids is 1. The van der Waals surface area contributed by atoms with E-state index >= 15 is 0 Å². The van der Waals surface area contributed by atoms with Gasteiger partial charge in [-0.2, -0.15) is 0 Å². The Labute approximate surface area is 134 Å². The van der Waals surface area contributed by atoms with Crippen LogP contribution in [0.4, 0.5) is 0 Å². The van der Waals surface area contributed by atoms with E-state index in [1.807, 2.05) is 12.1 Å². The molecule has 4 nitrogen and oxygen atoms in total. The Morgan fingerprint density at radius 3 is 3.09 bits per heavy atom. The molecule has 2 aromatic rings. The summed E-state index contributed by atoms with van der Waals surface area (Å²) in [5, 5.41) is 1.17. The van der Waals surface area contributed by atoms with E-state index in [4.69, 9.17) is 9.15 Å². The SMILES string of the molecule is COC(=O)[C@H]1C[C@H]2C=C3c4c(oc5ccccc45)CCN(C2)[C@@H]31. The minimum absolute atomic E-state index is 0.0571. The van der Waals surface area contributed by atoms with E-state index in [0.29, 0.717) is 5.92 Å². The monoisotopic (exact) mass is 309 g/mol. The molecule has 4 bridgehead atoms. The number of methoxy groups -OCH3 is 1. The smallest absolute Gasteiger partial charge is 0.310 e. The number of hydrogen-bond acceptors (Lipinski definition) is 4. The molecular weight excluding hydrogens is 290 g/mol. The predicted octanol–water partition coefficient (Wildman–Crippen LogP) is 2.87. The Kier molecular flexibility index (Phi) is 2.74. The number of hydrogen-bond donors (Lipinski definition) is 0. The minimum atomic E-state index is -0.0773. The molecule has 3 aliphatic heterocycles. The van der Waals surface area contributed by atoms with Crippen molar-refractivity contribution in [3.05, 3.63) is 41.7 Å². The van der Waals surface area contributed by atoms with Crippen molar-refractivity contribution in [1.29, 1.82) is 0 Å². The van der Waals surface area contributed by atoms with Crippen molar-refractivity contribution < 1.29 is 13.9 Å². The summed E-state index contributed by atoms with van der Waals surface area (Å²) in [5.74, 6) is 1.36. The van der Waals surface area contributed by atoms with E-state index in [2.05, 4.69) is 23.1 Å². The zero-order valence-corrected chi connectivity index (χ0v) is 13.1. The van der Waals surface area contributed by atoms with E-state index in [1.54, 1.807) is 0 Å². The van der Waals surface area contributed by atoms with Crippen molar-refractivity contribution in [3.63, 3.8) is 0 Å². The molecule has 6 rings (SSSR count). The van der Waals surface area contributed by atoms with Gasteiger partial charge in [0, 0.05) is 36.5 Å². The van der Waals surface area contributed by atoms with Gasteiger partial charge in [-0.25, -0.2) is 0 Å². The Bertz CT molecular complexity index is 834. The quantitative estimate of drug-likeness (QED) is 0.760. The van der Waals surface area contributed by atoms with Gasteiger partial charge in [-0.1, -0.05) is 24.3 Å². The van der Waals surface area contributed by atoms with Crippen molar-refractivity contribution in [3.8, 4) is 0 Å². The zero-order chi connectivity index (χ0) is 15.6. The Balaban J connectivity index is 1.73. The number of piperidine rings is 1. The number of carbonyl (C=O) groups is 1. The van der Waals surface area contributed by atoms with Crippen molar-refractivity contribution >= 4 is 22.5 Å². The number of nitrogens with zero attached hydrogens (tertiary/aromatic N) is 1. The summed E-state index contributed by atoms with van der Waals surface area (Å²) in [5.41, 5.74) is 3.45. The highest BCUT2D eigenvalue weighted by molar-refractivity contribution is 5.96. The Morgan fingerprint density at radius 2 is 2.22 bits per heavy atom. The van der Waals surface area contributed by atoms with Gasteiger partial charge in [0.1, 0.15) is 11.3 Å². The minimum Gasteiger partial charge on any atom is -0.469 e. The molecule has 0 radical (unpaired) electrons. The molecule has 0 N–H and O–H groups in total. The Hall–Kier alpha value is -2.07. The summed E-state index contributed by atoms with van der Waals surface area (Å²) in [6, 6.07) is 8.36.